The van der Waals surface area contributed by atoms with Crippen LogP contribution in [0.15, 0.2) is 53.1 Å². The number of nitrogens with one attached hydrogen (secondary N) is 2. The zero-order valence-corrected chi connectivity index (χ0v) is 14.0. The van der Waals surface area contributed by atoms with Crippen LogP contribution in [0.25, 0.3) is 0 Å². The Morgan fingerprint density at radius 3 is 2.44 bits per heavy atom. The van der Waals surface area contributed by atoms with E-state index in [0.29, 0.717) is 6.54 Å². The quantitative estimate of drug-likeness (QED) is 0.744. The van der Waals surface area contributed by atoms with E-state index in [9.17, 15) is 14.4 Å². The summed E-state index contributed by atoms with van der Waals surface area (Å²) in [5, 5.41) is 5.13. The lowest BCUT2D eigenvalue weighted by atomic mass is 10.2. The van der Waals surface area contributed by atoms with Crippen LogP contribution in [0.3, 0.4) is 0 Å². The highest BCUT2D eigenvalue weighted by Gasteiger charge is 2.24. The van der Waals surface area contributed by atoms with Crippen LogP contribution in [0.4, 0.5) is 0 Å². The van der Waals surface area contributed by atoms with Crippen molar-refractivity contribution in [3.8, 4) is 0 Å². The van der Waals surface area contributed by atoms with Crippen molar-refractivity contribution in [2.75, 3.05) is 0 Å². The number of carbonyl (C=O) groups excluding carboxylic acids is 3. The van der Waals surface area contributed by atoms with E-state index in [1.807, 2.05) is 30.3 Å². The van der Waals surface area contributed by atoms with Crippen LogP contribution in [-0.2, 0) is 20.9 Å². The molecule has 0 aliphatic carbocycles. The summed E-state index contributed by atoms with van der Waals surface area (Å²) in [6, 6.07) is 11.5. The summed E-state index contributed by atoms with van der Waals surface area (Å²) in [6.07, 6.45) is 0.385. The molecule has 132 valence electrons. The van der Waals surface area contributed by atoms with E-state index in [-0.39, 0.29) is 5.76 Å². The SMILES string of the molecule is C[C@H](NC(=O)c1ccco1)C(=O)O[C@@H](C)C(=O)NCc1ccccc1. The van der Waals surface area contributed by atoms with Crippen molar-refractivity contribution >= 4 is 17.8 Å². The van der Waals surface area contributed by atoms with Gasteiger partial charge in [-0.25, -0.2) is 4.79 Å². The van der Waals surface area contributed by atoms with E-state index >= 15 is 0 Å². The standard InChI is InChI=1S/C18H20N2O5/c1-12(20-17(22)15-9-6-10-24-15)18(23)25-13(2)16(21)19-11-14-7-4-3-5-8-14/h3-10,12-13H,11H2,1-2H3,(H,19,21)(H,20,22)/t12-,13-/m0/s1. The third kappa shape index (κ3) is 5.49. The largest absolute Gasteiger partial charge is 0.459 e. The van der Waals surface area contributed by atoms with Gasteiger partial charge in [0.05, 0.1) is 6.26 Å². The molecule has 2 aromatic rings. The molecule has 2 N–H and O–H groups in total. The Morgan fingerprint density at radius 1 is 1.08 bits per heavy atom. The van der Waals surface area contributed by atoms with Gasteiger partial charge in [-0.1, -0.05) is 30.3 Å². The first-order valence-corrected chi connectivity index (χ1v) is 7.84. The highest BCUT2D eigenvalue weighted by Crippen LogP contribution is 2.03. The molecule has 1 heterocycles. The van der Waals surface area contributed by atoms with E-state index in [1.165, 1.54) is 26.2 Å². The average molecular weight is 344 g/mol. The molecule has 0 spiro atoms. The molecule has 2 atom stereocenters. The number of amides is 2. The minimum Gasteiger partial charge on any atom is -0.459 e. The van der Waals surface area contributed by atoms with Gasteiger partial charge in [-0.3, -0.25) is 9.59 Å². The number of furan rings is 1. The summed E-state index contributed by atoms with van der Waals surface area (Å²) >= 11 is 0. The zero-order chi connectivity index (χ0) is 18.2. The van der Waals surface area contributed by atoms with Gasteiger partial charge in [0.15, 0.2) is 11.9 Å². The molecule has 2 rings (SSSR count). The van der Waals surface area contributed by atoms with E-state index in [1.54, 1.807) is 6.07 Å². The van der Waals surface area contributed by atoms with Gasteiger partial charge in [0, 0.05) is 6.54 Å². The fraction of sp³-hybridized carbons (Fsp3) is 0.278. The number of benzene rings is 1. The topological polar surface area (TPSA) is 97.6 Å². The minimum atomic E-state index is -0.973. The third-order valence-electron chi connectivity index (χ3n) is 3.42. The normalized spacial score (nSPS) is 12.7. The fourth-order valence-corrected chi connectivity index (χ4v) is 1.99. The molecule has 7 heteroatoms. The summed E-state index contributed by atoms with van der Waals surface area (Å²) < 4.78 is 10.0. The number of rotatable bonds is 7. The fourth-order valence-electron chi connectivity index (χ4n) is 1.99. The van der Waals surface area contributed by atoms with Crippen molar-refractivity contribution in [1.29, 1.82) is 0 Å². The molecule has 0 unspecified atom stereocenters. The Hall–Kier alpha value is -3.09. The van der Waals surface area contributed by atoms with Gasteiger partial charge >= 0.3 is 5.97 Å². The van der Waals surface area contributed by atoms with Crippen molar-refractivity contribution in [2.24, 2.45) is 0 Å². The van der Waals surface area contributed by atoms with Gasteiger partial charge in [0.2, 0.25) is 0 Å². The third-order valence-corrected chi connectivity index (χ3v) is 3.42. The molecule has 1 aromatic carbocycles. The van der Waals surface area contributed by atoms with Gasteiger partial charge < -0.3 is 19.8 Å². The van der Waals surface area contributed by atoms with E-state index in [0.717, 1.165) is 5.56 Å². The molecule has 0 fully saturated rings. The summed E-state index contributed by atoms with van der Waals surface area (Å²) in [6.45, 7) is 3.28. The molecule has 0 bridgehead atoms. The molecule has 0 saturated carbocycles. The van der Waals surface area contributed by atoms with Gasteiger partial charge in [-0.15, -0.1) is 0 Å². The highest BCUT2D eigenvalue weighted by molar-refractivity contribution is 5.94. The predicted octanol–water partition coefficient (Wildman–Crippen LogP) is 1.65. The summed E-state index contributed by atoms with van der Waals surface area (Å²) in [7, 11) is 0. The first kappa shape index (κ1) is 18.3. The van der Waals surface area contributed by atoms with Crippen LogP contribution in [0.5, 0.6) is 0 Å². The second-order valence-electron chi connectivity index (χ2n) is 5.45. The highest BCUT2D eigenvalue weighted by atomic mass is 16.5. The zero-order valence-electron chi connectivity index (χ0n) is 14.0. The van der Waals surface area contributed by atoms with Gasteiger partial charge in [-0.2, -0.15) is 0 Å². The van der Waals surface area contributed by atoms with E-state index < -0.39 is 29.9 Å². The van der Waals surface area contributed by atoms with Crippen molar-refractivity contribution in [3.05, 3.63) is 60.1 Å². The summed E-state index contributed by atoms with van der Waals surface area (Å²) in [5.74, 6) is -1.56. The molecule has 0 aliphatic heterocycles. The van der Waals surface area contributed by atoms with Gasteiger partial charge in [0.1, 0.15) is 6.04 Å². The maximum absolute atomic E-state index is 12.0. The Balaban J connectivity index is 1.78. The average Bonchev–Trinajstić information content (AvgIpc) is 3.15. The number of esters is 1. The predicted molar refractivity (Wildman–Crippen MR) is 89.5 cm³/mol. The molecule has 0 aliphatic rings. The van der Waals surface area contributed by atoms with Crippen LogP contribution in [-0.4, -0.2) is 29.9 Å². The van der Waals surface area contributed by atoms with Crippen LogP contribution >= 0.6 is 0 Å². The molecule has 1 aromatic heterocycles. The van der Waals surface area contributed by atoms with E-state index in [2.05, 4.69) is 10.6 Å². The molecule has 0 radical (unpaired) electrons. The summed E-state index contributed by atoms with van der Waals surface area (Å²) in [5.41, 5.74) is 0.938. The number of ether oxygens (including phenoxy) is 1. The minimum absolute atomic E-state index is 0.0910. The Kier molecular flexibility index (Phi) is 6.33. The lowest BCUT2D eigenvalue weighted by Gasteiger charge is -2.17. The van der Waals surface area contributed by atoms with Crippen LogP contribution in [0.1, 0.15) is 30.0 Å². The first-order chi connectivity index (χ1) is 12.0. The monoisotopic (exact) mass is 344 g/mol. The number of carbonyl (C=O) groups is 3. The molecule has 2 amide bonds. The number of hydrogen-bond donors (Lipinski definition) is 2. The van der Waals surface area contributed by atoms with Crippen molar-refractivity contribution < 1.29 is 23.5 Å². The smallest absolute Gasteiger partial charge is 0.329 e. The first-order valence-electron chi connectivity index (χ1n) is 7.84. The van der Waals surface area contributed by atoms with Gasteiger partial charge in [0.25, 0.3) is 11.8 Å². The second-order valence-corrected chi connectivity index (χ2v) is 5.45. The molecule has 0 saturated heterocycles. The molecule has 25 heavy (non-hydrogen) atoms. The summed E-state index contributed by atoms with van der Waals surface area (Å²) in [4.78, 5) is 35.8. The lowest BCUT2D eigenvalue weighted by molar-refractivity contribution is -0.156. The van der Waals surface area contributed by atoms with Crippen molar-refractivity contribution in [1.82, 2.24) is 10.6 Å². The Bertz CT molecular complexity index is 712. The maximum atomic E-state index is 12.0. The van der Waals surface area contributed by atoms with Crippen LogP contribution < -0.4 is 10.6 Å². The van der Waals surface area contributed by atoms with Crippen LogP contribution in [0.2, 0.25) is 0 Å². The van der Waals surface area contributed by atoms with Crippen molar-refractivity contribution in [3.63, 3.8) is 0 Å². The van der Waals surface area contributed by atoms with Gasteiger partial charge in [-0.05, 0) is 31.5 Å². The Morgan fingerprint density at radius 2 is 1.80 bits per heavy atom. The molecular formula is C18H20N2O5. The maximum Gasteiger partial charge on any atom is 0.329 e. The van der Waals surface area contributed by atoms with E-state index in [4.69, 9.17) is 9.15 Å². The van der Waals surface area contributed by atoms with Crippen LogP contribution in [0, 0.1) is 0 Å². The molecule has 7 nitrogen and oxygen atoms in total. The Labute approximate surface area is 145 Å². The lowest BCUT2D eigenvalue weighted by Crippen LogP contribution is -2.43. The number of hydrogen-bond acceptors (Lipinski definition) is 5. The second kappa shape index (κ2) is 8.68. The van der Waals surface area contributed by atoms with Crippen molar-refractivity contribution in [2.45, 2.75) is 32.5 Å². The molecular weight excluding hydrogens is 324 g/mol.